The van der Waals surface area contributed by atoms with Crippen molar-refractivity contribution in [1.29, 1.82) is 0 Å². The van der Waals surface area contributed by atoms with Gasteiger partial charge in [0.15, 0.2) is 4.99 Å². The molecule has 5 nitrogen and oxygen atoms in total. The summed E-state index contributed by atoms with van der Waals surface area (Å²) in [6, 6.07) is 0. The third-order valence-corrected chi connectivity index (χ3v) is 0.519. The lowest BCUT2D eigenvalue weighted by Crippen LogP contribution is -2.33. The van der Waals surface area contributed by atoms with Crippen LogP contribution in [0.4, 0.5) is 0 Å². The molecule has 0 saturated heterocycles. The van der Waals surface area contributed by atoms with Gasteiger partial charge in [0.2, 0.25) is 0 Å². The molecule has 0 aromatic rings. The van der Waals surface area contributed by atoms with E-state index in [1.165, 1.54) is 0 Å². The summed E-state index contributed by atoms with van der Waals surface area (Å²) >= 11 is 4.19. The maximum Gasteiger partial charge on any atom is 0.385 e. The average molecular weight is 135 g/mol. The van der Waals surface area contributed by atoms with Gasteiger partial charge in [-0.25, -0.2) is 10.6 Å². The first-order valence-corrected chi connectivity index (χ1v) is 2.05. The fourth-order valence-electron chi connectivity index (χ4n) is 0.104. The lowest BCUT2D eigenvalue weighted by atomic mass is 10.7. The van der Waals surface area contributed by atoms with Crippen molar-refractivity contribution in [3.63, 3.8) is 0 Å². The molecule has 0 aliphatic rings. The lowest BCUT2D eigenvalue weighted by molar-refractivity contribution is -0.142. The normalized spacial score (nSPS) is 8.12. The summed E-state index contributed by atoms with van der Waals surface area (Å²) in [7, 11) is 0. The fourth-order valence-corrected chi connectivity index (χ4v) is 0.145. The van der Waals surface area contributed by atoms with E-state index in [0.29, 0.717) is 0 Å². The number of hydrogen-bond acceptors (Lipinski definition) is 5. The molecule has 5 N–H and O–H groups in total. The zero-order chi connectivity index (χ0) is 6.57. The molecule has 8 heavy (non-hydrogen) atoms. The van der Waals surface area contributed by atoms with Gasteiger partial charge in [0.25, 0.3) is 0 Å². The van der Waals surface area contributed by atoms with Gasteiger partial charge in [-0.1, -0.05) is 17.8 Å². The molecule has 0 saturated carbocycles. The number of rotatable bonds is 1. The van der Waals surface area contributed by atoms with Crippen LogP contribution in [-0.4, -0.2) is 11.0 Å². The molecule has 0 amide bonds. The minimum absolute atomic E-state index is 0.358. The highest BCUT2D eigenvalue weighted by molar-refractivity contribution is 7.81. The molecule has 0 radical (unpaired) electrons. The summed E-state index contributed by atoms with van der Waals surface area (Å²) in [5.74, 6) is 3.71. The second-order valence-corrected chi connectivity index (χ2v) is 1.31. The highest BCUT2D eigenvalue weighted by atomic mass is 32.1. The van der Waals surface area contributed by atoms with E-state index in [2.05, 4.69) is 22.9 Å². The topological polar surface area (TPSA) is 90.4 Å². The van der Waals surface area contributed by atoms with Gasteiger partial charge < -0.3 is 10.6 Å². The van der Waals surface area contributed by atoms with Gasteiger partial charge in [-0.05, 0) is 0 Å². The van der Waals surface area contributed by atoms with Crippen molar-refractivity contribution in [2.24, 2.45) is 11.6 Å². The molecule has 0 aliphatic carbocycles. The quantitative estimate of drug-likeness (QED) is 0.223. The Bertz CT molecular complexity index is 114. The molecule has 0 spiro atoms. The van der Waals surface area contributed by atoms with E-state index < -0.39 is 5.97 Å². The molecular formula is C2H5N3O2S. The number of carbonyl (C=O) groups is 1. The van der Waals surface area contributed by atoms with Crippen molar-refractivity contribution in [3.05, 3.63) is 0 Å². The first-order chi connectivity index (χ1) is 3.68. The monoisotopic (exact) mass is 135 g/mol. The number of thiocarbonyl (C=S) groups is 1. The number of nitrogens with two attached hydrogens (primary N) is 2. The molecule has 0 atom stereocenters. The van der Waals surface area contributed by atoms with E-state index >= 15 is 0 Å². The second kappa shape index (κ2) is 3.30. The summed E-state index contributed by atoms with van der Waals surface area (Å²) < 4.78 is 0. The molecule has 0 unspecified atom stereocenters. The molecule has 0 aromatic carbocycles. The van der Waals surface area contributed by atoms with Crippen LogP contribution in [0.25, 0.3) is 0 Å². The Hall–Kier alpha value is -0.720. The predicted octanol–water partition coefficient (Wildman–Crippen LogP) is -1.81. The largest absolute Gasteiger partial charge is 0.385 e. The zero-order valence-electron chi connectivity index (χ0n) is 3.88. The Balaban J connectivity index is 3.49. The summed E-state index contributed by atoms with van der Waals surface area (Å²) in [5, 5.41) is 0. The van der Waals surface area contributed by atoms with Gasteiger partial charge in [-0.2, -0.15) is 0 Å². The Morgan fingerprint density at radius 1 is 1.75 bits per heavy atom. The minimum Gasteiger partial charge on any atom is -0.384 e. The Labute approximate surface area is 50.9 Å². The van der Waals surface area contributed by atoms with Crippen LogP contribution in [0.3, 0.4) is 0 Å². The predicted molar refractivity (Wildman–Crippen MR) is 30.2 cm³/mol. The molecule has 0 fully saturated rings. The lowest BCUT2D eigenvalue weighted by Gasteiger charge is -1.95. The zero-order valence-corrected chi connectivity index (χ0v) is 4.70. The van der Waals surface area contributed by atoms with Crippen LogP contribution in [0.1, 0.15) is 0 Å². The molecule has 0 bridgehead atoms. The standard InChI is InChI=1S/C2H5N3O2S/c3-1(8)2(6)7-5-4/h5H,4H2,(H2,3,8). The highest BCUT2D eigenvalue weighted by Gasteiger charge is 2.02. The van der Waals surface area contributed by atoms with Crippen LogP contribution in [0, 0.1) is 0 Å². The van der Waals surface area contributed by atoms with Crippen LogP contribution < -0.4 is 17.2 Å². The highest BCUT2D eigenvalue weighted by Crippen LogP contribution is 1.69. The molecule has 0 rings (SSSR count). The van der Waals surface area contributed by atoms with Crippen molar-refractivity contribution in [1.82, 2.24) is 5.59 Å². The number of hydrazine groups is 1. The van der Waals surface area contributed by atoms with Crippen LogP contribution in [0.15, 0.2) is 0 Å². The van der Waals surface area contributed by atoms with Gasteiger partial charge in [0.1, 0.15) is 0 Å². The van der Waals surface area contributed by atoms with E-state index in [4.69, 9.17) is 5.73 Å². The van der Waals surface area contributed by atoms with Crippen molar-refractivity contribution in [3.8, 4) is 0 Å². The minimum atomic E-state index is -0.845. The number of carbonyl (C=O) groups excluding carboxylic acids is 1. The molecule has 6 heteroatoms. The first-order valence-electron chi connectivity index (χ1n) is 1.64. The van der Waals surface area contributed by atoms with Crippen molar-refractivity contribution in [2.45, 2.75) is 0 Å². The summed E-state index contributed by atoms with van der Waals surface area (Å²) in [4.78, 5) is 13.7. The Kier molecular flexibility index (Phi) is 3.01. The number of hydrogen-bond donors (Lipinski definition) is 3. The Morgan fingerprint density at radius 3 is 2.38 bits per heavy atom. The maximum atomic E-state index is 10.1. The first kappa shape index (κ1) is 7.28. The van der Waals surface area contributed by atoms with Crippen molar-refractivity contribution in [2.75, 3.05) is 0 Å². The smallest absolute Gasteiger partial charge is 0.384 e. The SMILES string of the molecule is NNOC(=O)C(N)=S. The van der Waals surface area contributed by atoms with Crippen molar-refractivity contribution < 1.29 is 9.63 Å². The van der Waals surface area contributed by atoms with Gasteiger partial charge in [0, 0.05) is 0 Å². The van der Waals surface area contributed by atoms with E-state index in [0.717, 1.165) is 0 Å². The second-order valence-electron chi connectivity index (χ2n) is 0.872. The van der Waals surface area contributed by atoms with E-state index in [1.54, 1.807) is 5.59 Å². The fraction of sp³-hybridized carbons (Fsp3) is 0. The summed E-state index contributed by atoms with van der Waals surface area (Å²) in [6.45, 7) is 0. The molecule has 0 aromatic heterocycles. The van der Waals surface area contributed by atoms with E-state index in [1.807, 2.05) is 0 Å². The van der Waals surface area contributed by atoms with E-state index in [9.17, 15) is 4.79 Å². The third-order valence-electron chi connectivity index (χ3n) is 0.353. The van der Waals surface area contributed by atoms with Gasteiger partial charge >= 0.3 is 5.97 Å². The van der Waals surface area contributed by atoms with Crippen molar-refractivity contribution >= 4 is 23.2 Å². The molecule has 0 aliphatic heterocycles. The molecular weight excluding hydrogens is 130 g/mol. The van der Waals surface area contributed by atoms with Crippen LogP contribution in [0.5, 0.6) is 0 Å². The maximum absolute atomic E-state index is 10.1. The Morgan fingerprint density at radius 2 is 2.25 bits per heavy atom. The van der Waals surface area contributed by atoms with Crippen LogP contribution >= 0.6 is 12.2 Å². The summed E-state index contributed by atoms with van der Waals surface area (Å²) in [6.07, 6.45) is 0. The molecule has 0 heterocycles. The third kappa shape index (κ3) is 2.45. The van der Waals surface area contributed by atoms with Gasteiger partial charge in [-0.3, -0.25) is 0 Å². The van der Waals surface area contributed by atoms with E-state index in [-0.39, 0.29) is 4.99 Å². The molecule has 46 valence electrons. The summed E-state index contributed by atoms with van der Waals surface area (Å²) in [5.41, 5.74) is 6.42. The van der Waals surface area contributed by atoms with Crippen LogP contribution in [-0.2, 0) is 9.63 Å². The van der Waals surface area contributed by atoms with Gasteiger partial charge in [-0.15, -0.1) is 0 Å². The van der Waals surface area contributed by atoms with Gasteiger partial charge in [0.05, 0.1) is 0 Å². The van der Waals surface area contributed by atoms with Crippen LogP contribution in [0.2, 0.25) is 0 Å². The number of nitrogens with one attached hydrogen (secondary N) is 1. The average Bonchev–Trinajstić information content (AvgIpc) is 1.67.